The third kappa shape index (κ3) is 1.77. The van der Waals surface area contributed by atoms with E-state index in [9.17, 15) is 10.1 Å². The zero-order chi connectivity index (χ0) is 10.1. The smallest absolute Gasteiger partial charge is 0.309 e. The van der Waals surface area contributed by atoms with Gasteiger partial charge >= 0.3 is 5.69 Å². The molecule has 1 saturated carbocycles. The monoisotopic (exact) mass is 214 g/mol. The molecular weight excluding hydrogens is 208 g/mol. The van der Waals surface area contributed by atoms with E-state index in [0.717, 1.165) is 19.0 Å². The number of halogens is 1. The van der Waals surface area contributed by atoms with E-state index >= 15 is 0 Å². The van der Waals surface area contributed by atoms with Gasteiger partial charge < -0.3 is 4.74 Å². The fourth-order valence-corrected chi connectivity index (χ4v) is 1.20. The van der Waals surface area contributed by atoms with Gasteiger partial charge in [-0.2, -0.15) is 0 Å². The summed E-state index contributed by atoms with van der Waals surface area (Å²) in [6, 6.07) is 0. The van der Waals surface area contributed by atoms with Crippen molar-refractivity contribution >= 4 is 17.3 Å². The molecule has 74 valence electrons. The Kier molecular flexibility index (Phi) is 2.25. The predicted octanol–water partition coefficient (Wildman–Crippen LogP) is 2.18. The Bertz CT molecular complexity index is 379. The number of rotatable bonds is 3. The average Bonchev–Trinajstić information content (AvgIpc) is 2.92. The highest BCUT2D eigenvalue weighted by Crippen LogP contribution is 2.36. The second kappa shape index (κ2) is 3.42. The first-order chi connectivity index (χ1) is 6.68. The normalized spacial score (nSPS) is 15.2. The molecule has 0 unspecified atom stereocenters. The number of nitro groups is 1. The maximum atomic E-state index is 10.5. The van der Waals surface area contributed by atoms with Crippen molar-refractivity contribution in [3.8, 4) is 5.75 Å². The molecule has 0 radical (unpaired) electrons. The van der Waals surface area contributed by atoms with Crippen molar-refractivity contribution in [1.29, 1.82) is 0 Å². The molecule has 1 heterocycles. The molecular formula is C8H7ClN2O3. The highest BCUT2D eigenvalue weighted by molar-refractivity contribution is 6.34. The lowest BCUT2D eigenvalue weighted by Gasteiger charge is -2.04. The minimum absolute atomic E-state index is 0.0249. The summed E-state index contributed by atoms with van der Waals surface area (Å²) in [5.74, 6) is 0.295. The molecule has 1 fully saturated rings. The molecule has 6 heteroatoms. The van der Waals surface area contributed by atoms with Crippen molar-refractivity contribution in [2.24, 2.45) is 0 Å². The van der Waals surface area contributed by atoms with Crippen LogP contribution in [0.15, 0.2) is 12.4 Å². The summed E-state index contributed by atoms with van der Waals surface area (Å²) in [7, 11) is 0. The first-order valence-electron chi connectivity index (χ1n) is 4.13. The van der Waals surface area contributed by atoms with Crippen LogP contribution in [-0.4, -0.2) is 16.0 Å². The summed E-state index contributed by atoms with van der Waals surface area (Å²) >= 11 is 5.77. The van der Waals surface area contributed by atoms with Crippen molar-refractivity contribution in [3.63, 3.8) is 0 Å². The number of aromatic nitrogens is 1. The maximum absolute atomic E-state index is 10.5. The van der Waals surface area contributed by atoms with E-state index in [4.69, 9.17) is 16.3 Å². The Morgan fingerprint density at radius 3 is 2.86 bits per heavy atom. The van der Waals surface area contributed by atoms with E-state index < -0.39 is 4.92 Å². The third-order valence-electron chi connectivity index (χ3n) is 1.84. The standard InChI is InChI=1S/C8H7ClN2O3/c9-8-6(11(12)13)3-10-4-7(8)14-5-1-2-5/h3-5H,1-2H2. The lowest BCUT2D eigenvalue weighted by molar-refractivity contribution is -0.385. The van der Waals surface area contributed by atoms with Crippen molar-refractivity contribution in [2.45, 2.75) is 18.9 Å². The van der Waals surface area contributed by atoms with Gasteiger partial charge in [0.2, 0.25) is 0 Å². The molecule has 2 rings (SSSR count). The molecule has 1 aromatic rings. The molecule has 5 nitrogen and oxygen atoms in total. The number of hydrogen-bond acceptors (Lipinski definition) is 4. The number of ether oxygens (including phenoxy) is 1. The van der Waals surface area contributed by atoms with Crippen LogP contribution in [0.25, 0.3) is 0 Å². The highest BCUT2D eigenvalue weighted by Gasteiger charge is 2.26. The lowest BCUT2D eigenvalue weighted by atomic mass is 10.4. The largest absolute Gasteiger partial charge is 0.487 e. The van der Waals surface area contributed by atoms with Crippen molar-refractivity contribution < 1.29 is 9.66 Å². The highest BCUT2D eigenvalue weighted by atomic mass is 35.5. The first kappa shape index (κ1) is 9.21. The molecule has 0 aliphatic heterocycles. The Balaban J connectivity index is 2.30. The second-order valence-electron chi connectivity index (χ2n) is 3.05. The van der Waals surface area contributed by atoms with E-state index in [1.807, 2.05) is 0 Å². The number of hydrogen-bond donors (Lipinski definition) is 0. The van der Waals surface area contributed by atoms with Crippen LogP contribution >= 0.6 is 11.6 Å². The maximum Gasteiger partial charge on any atom is 0.309 e. The molecule has 0 atom stereocenters. The summed E-state index contributed by atoms with van der Waals surface area (Å²) in [5.41, 5.74) is -0.218. The summed E-state index contributed by atoms with van der Waals surface area (Å²) < 4.78 is 5.35. The van der Waals surface area contributed by atoms with Gasteiger partial charge in [-0.25, -0.2) is 0 Å². The molecule has 0 N–H and O–H groups in total. The van der Waals surface area contributed by atoms with Crippen LogP contribution in [0.4, 0.5) is 5.69 Å². The molecule has 1 aromatic heterocycles. The molecule has 0 saturated heterocycles. The molecule has 14 heavy (non-hydrogen) atoms. The van der Waals surface area contributed by atoms with E-state index in [-0.39, 0.29) is 16.8 Å². The van der Waals surface area contributed by atoms with Crippen molar-refractivity contribution in [1.82, 2.24) is 4.98 Å². The number of nitrogens with zero attached hydrogens (tertiary/aromatic N) is 2. The van der Waals surface area contributed by atoms with Gasteiger partial charge in [0.1, 0.15) is 6.20 Å². The van der Waals surface area contributed by atoms with Crippen LogP contribution in [0, 0.1) is 10.1 Å². The Labute approximate surface area is 84.8 Å². The molecule has 0 amide bonds. The first-order valence-corrected chi connectivity index (χ1v) is 4.51. The molecule has 0 spiro atoms. The topological polar surface area (TPSA) is 65.3 Å². The minimum Gasteiger partial charge on any atom is -0.487 e. The molecule has 0 aromatic carbocycles. The Morgan fingerprint density at radius 1 is 1.57 bits per heavy atom. The van der Waals surface area contributed by atoms with Gasteiger partial charge in [-0.05, 0) is 12.8 Å². The summed E-state index contributed by atoms with van der Waals surface area (Å²) in [6.45, 7) is 0. The van der Waals surface area contributed by atoms with Crippen LogP contribution in [0.1, 0.15) is 12.8 Å². The van der Waals surface area contributed by atoms with Crippen LogP contribution in [0.5, 0.6) is 5.75 Å². The third-order valence-corrected chi connectivity index (χ3v) is 2.22. The molecule has 0 bridgehead atoms. The predicted molar refractivity (Wildman–Crippen MR) is 49.6 cm³/mol. The van der Waals surface area contributed by atoms with E-state index in [2.05, 4.69) is 4.98 Å². The number of pyridine rings is 1. The van der Waals surface area contributed by atoms with Crippen LogP contribution in [0.2, 0.25) is 5.02 Å². The van der Waals surface area contributed by atoms with Crippen LogP contribution in [-0.2, 0) is 0 Å². The van der Waals surface area contributed by atoms with Crippen molar-refractivity contribution in [2.75, 3.05) is 0 Å². The second-order valence-corrected chi connectivity index (χ2v) is 3.42. The minimum atomic E-state index is -0.574. The van der Waals surface area contributed by atoms with Crippen molar-refractivity contribution in [3.05, 3.63) is 27.5 Å². The van der Waals surface area contributed by atoms with Crippen LogP contribution in [0.3, 0.4) is 0 Å². The van der Waals surface area contributed by atoms with E-state index in [1.165, 1.54) is 6.20 Å². The zero-order valence-corrected chi connectivity index (χ0v) is 7.90. The van der Waals surface area contributed by atoms with Gasteiger partial charge in [0.05, 0.1) is 17.2 Å². The van der Waals surface area contributed by atoms with Gasteiger partial charge in [0, 0.05) is 0 Å². The average molecular weight is 215 g/mol. The molecule has 1 aliphatic carbocycles. The summed E-state index contributed by atoms with van der Waals surface area (Å²) in [6.07, 6.45) is 4.60. The lowest BCUT2D eigenvalue weighted by Crippen LogP contribution is -1.99. The SMILES string of the molecule is O=[N+]([O-])c1cncc(OC2CC2)c1Cl. The van der Waals surface area contributed by atoms with Gasteiger partial charge in [-0.1, -0.05) is 11.6 Å². The van der Waals surface area contributed by atoms with Crippen LogP contribution < -0.4 is 4.74 Å². The van der Waals surface area contributed by atoms with E-state index in [1.54, 1.807) is 0 Å². The zero-order valence-electron chi connectivity index (χ0n) is 7.14. The fourth-order valence-electron chi connectivity index (χ4n) is 0.990. The van der Waals surface area contributed by atoms with Gasteiger partial charge in [-0.3, -0.25) is 15.1 Å². The molecule has 1 aliphatic rings. The Morgan fingerprint density at radius 2 is 2.29 bits per heavy atom. The Hall–Kier alpha value is -1.36. The summed E-state index contributed by atoms with van der Waals surface area (Å²) in [5, 5.41) is 10.5. The summed E-state index contributed by atoms with van der Waals surface area (Å²) in [4.78, 5) is 13.6. The van der Waals surface area contributed by atoms with Gasteiger partial charge in [-0.15, -0.1) is 0 Å². The van der Waals surface area contributed by atoms with E-state index in [0.29, 0.717) is 5.75 Å². The van der Waals surface area contributed by atoms with Gasteiger partial charge in [0.25, 0.3) is 0 Å². The quantitative estimate of drug-likeness (QED) is 0.571. The van der Waals surface area contributed by atoms with Gasteiger partial charge in [0.15, 0.2) is 10.8 Å². The fraction of sp³-hybridized carbons (Fsp3) is 0.375.